The SMILES string of the molecule is CCOC(=O)c1snc(C2CCCOC2)c1C1CC1. The molecule has 0 spiro atoms. The molecule has 4 nitrogen and oxygen atoms in total. The van der Waals surface area contributed by atoms with Gasteiger partial charge in [0.25, 0.3) is 0 Å². The average molecular weight is 281 g/mol. The van der Waals surface area contributed by atoms with Crippen LogP contribution >= 0.6 is 11.5 Å². The second kappa shape index (κ2) is 5.59. The first-order valence-corrected chi connectivity index (χ1v) is 7.83. The molecule has 1 unspecified atom stereocenters. The second-order valence-corrected chi connectivity index (χ2v) is 5.99. The number of carbonyl (C=O) groups is 1. The van der Waals surface area contributed by atoms with E-state index in [1.54, 1.807) is 0 Å². The van der Waals surface area contributed by atoms with Gasteiger partial charge in [0.15, 0.2) is 0 Å². The molecule has 0 N–H and O–H groups in total. The third-order valence-corrected chi connectivity index (χ3v) is 4.61. The quantitative estimate of drug-likeness (QED) is 0.796. The van der Waals surface area contributed by atoms with Crippen molar-refractivity contribution >= 4 is 17.5 Å². The van der Waals surface area contributed by atoms with Crippen molar-refractivity contribution in [1.82, 2.24) is 4.37 Å². The molecule has 2 heterocycles. The number of nitrogens with zero attached hydrogens (tertiary/aromatic N) is 1. The minimum absolute atomic E-state index is 0.204. The lowest BCUT2D eigenvalue weighted by molar-refractivity contribution is 0.0530. The molecule has 1 saturated heterocycles. The normalized spacial score (nSPS) is 23.3. The van der Waals surface area contributed by atoms with Crippen LogP contribution in [0, 0.1) is 0 Å². The Balaban J connectivity index is 1.89. The van der Waals surface area contributed by atoms with Crippen LogP contribution in [0.3, 0.4) is 0 Å². The third-order valence-electron chi connectivity index (χ3n) is 3.75. The van der Waals surface area contributed by atoms with E-state index >= 15 is 0 Å². The van der Waals surface area contributed by atoms with Crippen LogP contribution in [0.25, 0.3) is 0 Å². The van der Waals surface area contributed by atoms with E-state index in [9.17, 15) is 4.79 Å². The van der Waals surface area contributed by atoms with Gasteiger partial charge in [-0.2, -0.15) is 4.37 Å². The summed E-state index contributed by atoms with van der Waals surface area (Å²) in [5, 5.41) is 0. The average Bonchev–Trinajstić information content (AvgIpc) is 3.18. The van der Waals surface area contributed by atoms with Crippen molar-refractivity contribution in [3.63, 3.8) is 0 Å². The van der Waals surface area contributed by atoms with E-state index in [0.29, 0.717) is 18.4 Å². The Kier molecular flexibility index (Phi) is 3.84. The molecular weight excluding hydrogens is 262 g/mol. The van der Waals surface area contributed by atoms with Crippen LogP contribution in [0.15, 0.2) is 0 Å². The van der Waals surface area contributed by atoms with Gasteiger partial charge in [0, 0.05) is 18.1 Å². The maximum atomic E-state index is 12.0. The number of hydrogen-bond acceptors (Lipinski definition) is 5. The van der Waals surface area contributed by atoms with Crippen molar-refractivity contribution in [2.45, 2.75) is 44.4 Å². The predicted octanol–water partition coefficient (Wildman–Crippen LogP) is 3.09. The van der Waals surface area contributed by atoms with Crippen molar-refractivity contribution in [1.29, 1.82) is 0 Å². The van der Waals surface area contributed by atoms with E-state index in [-0.39, 0.29) is 5.97 Å². The van der Waals surface area contributed by atoms with Crippen molar-refractivity contribution in [2.75, 3.05) is 19.8 Å². The Morgan fingerprint density at radius 3 is 2.89 bits per heavy atom. The number of rotatable bonds is 4. The van der Waals surface area contributed by atoms with Crippen LogP contribution in [0.2, 0.25) is 0 Å². The molecule has 2 fully saturated rings. The highest BCUT2D eigenvalue weighted by molar-refractivity contribution is 7.08. The van der Waals surface area contributed by atoms with Crippen molar-refractivity contribution in [3.05, 3.63) is 16.1 Å². The van der Waals surface area contributed by atoms with Gasteiger partial charge in [-0.1, -0.05) is 0 Å². The predicted molar refractivity (Wildman–Crippen MR) is 72.8 cm³/mol. The van der Waals surface area contributed by atoms with E-state index in [1.807, 2.05) is 6.92 Å². The van der Waals surface area contributed by atoms with E-state index in [1.165, 1.54) is 29.9 Å². The van der Waals surface area contributed by atoms with Gasteiger partial charge < -0.3 is 9.47 Å². The fourth-order valence-corrected chi connectivity index (χ4v) is 3.61. The molecule has 5 heteroatoms. The molecule has 1 aliphatic heterocycles. The first kappa shape index (κ1) is 13.1. The van der Waals surface area contributed by atoms with Gasteiger partial charge in [0.2, 0.25) is 0 Å². The van der Waals surface area contributed by atoms with Gasteiger partial charge in [0.05, 0.1) is 18.9 Å². The summed E-state index contributed by atoms with van der Waals surface area (Å²) in [6.07, 6.45) is 4.55. The first-order chi connectivity index (χ1) is 9.31. The first-order valence-electron chi connectivity index (χ1n) is 7.05. The molecular formula is C14H19NO3S. The van der Waals surface area contributed by atoms with Crippen LogP contribution in [-0.2, 0) is 9.47 Å². The Morgan fingerprint density at radius 2 is 2.26 bits per heavy atom. The van der Waals surface area contributed by atoms with Gasteiger partial charge in [-0.25, -0.2) is 4.79 Å². The summed E-state index contributed by atoms with van der Waals surface area (Å²) in [5.74, 6) is 0.684. The number of hydrogen-bond donors (Lipinski definition) is 0. The summed E-state index contributed by atoms with van der Waals surface area (Å²) in [5.41, 5.74) is 2.27. The third kappa shape index (κ3) is 2.67. The number of ether oxygens (including phenoxy) is 2. The molecule has 1 aliphatic carbocycles. The molecule has 0 amide bonds. The van der Waals surface area contributed by atoms with E-state index in [0.717, 1.165) is 36.6 Å². The van der Waals surface area contributed by atoms with Gasteiger partial charge in [0.1, 0.15) is 4.88 Å². The van der Waals surface area contributed by atoms with Crippen LogP contribution in [0.4, 0.5) is 0 Å². The maximum Gasteiger partial charge on any atom is 0.350 e. The fourth-order valence-electron chi connectivity index (χ4n) is 2.67. The molecule has 0 radical (unpaired) electrons. The molecule has 0 aromatic carbocycles. The maximum absolute atomic E-state index is 12.0. The summed E-state index contributed by atoms with van der Waals surface area (Å²) in [6, 6.07) is 0. The molecule has 19 heavy (non-hydrogen) atoms. The summed E-state index contributed by atoms with van der Waals surface area (Å²) in [6.45, 7) is 3.85. The van der Waals surface area contributed by atoms with Gasteiger partial charge >= 0.3 is 5.97 Å². The molecule has 0 bridgehead atoms. The number of carbonyl (C=O) groups excluding carboxylic acids is 1. The molecule has 1 atom stereocenters. The van der Waals surface area contributed by atoms with Crippen LogP contribution in [-0.4, -0.2) is 30.2 Å². The number of aromatic nitrogens is 1. The lowest BCUT2D eigenvalue weighted by Crippen LogP contribution is -2.17. The van der Waals surface area contributed by atoms with Crippen LogP contribution < -0.4 is 0 Å². The fraction of sp³-hybridized carbons (Fsp3) is 0.714. The van der Waals surface area contributed by atoms with Crippen molar-refractivity contribution in [3.8, 4) is 0 Å². The molecule has 1 aromatic heterocycles. The molecule has 1 aromatic rings. The number of esters is 1. The molecule has 3 rings (SSSR count). The Bertz CT molecular complexity index is 461. The largest absolute Gasteiger partial charge is 0.462 e. The highest BCUT2D eigenvalue weighted by Crippen LogP contribution is 2.47. The van der Waals surface area contributed by atoms with E-state index in [2.05, 4.69) is 4.37 Å². The van der Waals surface area contributed by atoms with Crippen molar-refractivity contribution < 1.29 is 14.3 Å². The standard InChI is InChI=1S/C14H19NO3S/c1-2-18-14(16)13-11(9-5-6-9)12(15-19-13)10-4-3-7-17-8-10/h9-10H,2-8H2,1H3. The minimum Gasteiger partial charge on any atom is -0.462 e. The molecule has 2 aliphatic rings. The van der Waals surface area contributed by atoms with Gasteiger partial charge in [-0.3, -0.25) is 0 Å². The lowest BCUT2D eigenvalue weighted by Gasteiger charge is -2.21. The highest BCUT2D eigenvalue weighted by Gasteiger charge is 2.36. The molecule has 104 valence electrons. The van der Waals surface area contributed by atoms with Crippen LogP contribution in [0.5, 0.6) is 0 Å². The Hall–Kier alpha value is -0.940. The topological polar surface area (TPSA) is 48.4 Å². The minimum atomic E-state index is -0.204. The summed E-state index contributed by atoms with van der Waals surface area (Å²) >= 11 is 1.31. The van der Waals surface area contributed by atoms with Crippen molar-refractivity contribution in [2.24, 2.45) is 0 Å². The van der Waals surface area contributed by atoms with E-state index < -0.39 is 0 Å². The lowest BCUT2D eigenvalue weighted by atomic mass is 9.93. The zero-order chi connectivity index (χ0) is 13.2. The summed E-state index contributed by atoms with van der Waals surface area (Å²) < 4.78 is 15.3. The Morgan fingerprint density at radius 1 is 1.42 bits per heavy atom. The zero-order valence-electron chi connectivity index (χ0n) is 11.2. The summed E-state index contributed by atoms with van der Waals surface area (Å²) in [4.78, 5) is 12.7. The Labute approximate surface area is 117 Å². The smallest absolute Gasteiger partial charge is 0.350 e. The van der Waals surface area contributed by atoms with Gasteiger partial charge in [-0.15, -0.1) is 0 Å². The van der Waals surface area contributed by atoms with E-state index in [4.69, 9.17) is 9.47 Å². The monoisotopic (exact) mass is 281 g/mol. The highest BCUT2D eigenvalue weighted by atomic mass is 32.1. The second-order valence-electron chi connectivity index (χ2n) is 5.22. The molecule has 1 saturated carbocycles. The summed E-state index contributed by atoms with van der Waals surface area (Å²) in [7, 11) is 0. The van der Waals surface area contributed by atoms with Crippen LogP contribution in [0.1, 0.15) is 65.4 Å². The zero-order valence-corrected chi connectivity index (χ0v) is 12.0. The van der Waals surface area contributed by atoms with Gasteiger partial charge in [-0.05, 0) is 50.1 Å².